The summed E-state index contributed by atoms with van der Waals surface area (Å²) in [5.74, 6) is 1.36. The molecule has 3 aromatic rings. The maximum absolute atomic E-state index is 13.2. The highest BCUT2D eigenvalue weighted by atomic mass is 35.5. The van der Waals surface area contributed by atoms with Crippen LogP contribution in [-0.2, 0) is 17.8 Å². The third kappa shape index (κ3) is 4.12. The molecular weight excluding hydrogens is 390 g/mol. The van der Waals surface area contributed by atoms with Crippen LogP contribution in [0.15, 0.2) is 52.9 Å². The number of ether oxygens (including phenoxy) is 1. The highest BCUT2D eigenvalue weighted by molar-refractivity contribution is 6.33. The second-order valence-corrected chi connectivity index (χ2v) is 7.77. The Bertz CT molecular complexity index is 1020. The standard InChI is InChI=1S/C22H22ClN3O3/c1-14(2)26(22(27)16-11-15-7-3-6-10-19(15)28-13-16)12-20-24-25-21(29-20)17-8-4-5-9-18(17)23/h3-10,14,16H,11-13H2,1-2H3. The van der Waals surface area contributed by atoms with Crippen molar-refractivity contribution in [3.8, 4) is 17.2 Å². The molecule has 0 radical (unpaired) electrons. The van der Waals surface area contributed by atoms with Gasteiger partial charge in [0.05, 0.1) is 23.0 Å². The summed E-state index contributed by atoms with van der Waals surface area (Å²) in [5.41, 5.74) is 1.73. The first-order chi connectivity index (χ1) is 14.0. The predicted molar refractivity (Wildman–Crippen MR) is 110 cm³/mol. The lowest BCUT2D eigenvalue weighted by Crippen LogP contribution is -2.44. The van der Waals surface area contributed by atoms with Crippen LogP contribution in [-0.4, -0.2) is 33.7 Å². The molecule has 4 rings (SSSR count). The van der Waals surface area contributed by atoms with Crippen LogP contribution in [0.2, 0.25) is 5.02 Å². The second-order valence-electron chi connectivity index (χ2n) is 7.36. The first kappa shape index (κ1) is 19.5. The zero-order valence-electron chi connectivity index (χ0n) is 16.3. The number of fused-ring (bicyclic) bond motifs is 1. The summed E-state index contributed by atoms with van der Waals surface area (Å²) in [6.45, 7) is 4.56. The Morgan fingerprint density at radius 3 is 2.72 bits per heavy atom. The molecule has 1 atom stereocenters. The van der Waals surface area contributed by atoms with Crippen molar-refractivity contribution in [1.29, 1.82) is 0 Å². The van der Waals surface area contributed by atoms with Crippen LogP contribution in [0.1, 0.15) is 25.3 Å². The molecule has 2 aromatic carbocycles. The van der Waals surface area contributed by atoms with Crippen molar-refractivity contribution < 1.29 is 13.9 Å². The number of para-hydroxylation sites is 1. The van der Waals surface area contributed by atoms with Gasteiger partial charge in [-0.2, -0.15) is 0 Å². The first-order valence-electron chi connectivity index (χ1n) is 9.61. The monoisotopic (exact) mass is 411 g/mol. The van der Waals surface area contributed by atoms with Crippen LogP contribution in [0.25, 0.3) is 11.5 Å². The quantitative estimate of drug-likeness (QED) is 0.623. The average molecular weight is 412 g/mol. The van der Waals surface area contributed by atoms with Gasteiger partial charge in [-0.05, 0) is 44.0 Å². The fourth-order valence-electron chi connectivity index (χ4n) is 3.44. The highest BCUT2D eigenvalue weighted by Crippen LogP contribution is 2.29. The van der Waals surface area contributed by atoms with E-state index in [1.165, 1.54) is 0 Å². The molecule has 0 spiro atoms. The summed E-state index contributed by atoms with van der Waals surface area (Å²) in [6, 6.07) is 15.1. The van der Waals surface area contributed by atoms with Gasteiger partial charge in [0.15, 0.2) is 0 Å². The van der Waals surface area contributed by atoms with E-state index in [0.29, 0.717) is 35.4 Å². The number of aromatic nitrogens is 2. The smallest absolute Gasteiger partial charge is 0.249 e. The van der Waals surface area contributed by atoms with Crippen LogP contribution in [0, 0.1) is 5.92 Å². The Morgan fingerprint density at radius 2 is 1.93 bits per heavy atom. The second kappa shape index (κ2) is 8.25. The zero-order chi connectivity index (χ0) is 20.4. The number of carbonyl (C=O) groups is 1. The van der Waals surface area contributed by atoms with Crippen molar-refractivity contribution in [2.75, 3.05) is 6.61 Å². The third-order valence-corrected chi connectivity index (χ3v) is 5.34. The molecule has 6 nitrogen and oxygen atoms in total. The number of carbonyl (C=O) groups excluding carboxylic acids is 1. The molecule has 2 heterocycles. The zero-order valence-corrected chi connectivity index (χ0v) is 17.1. The van der Waals surface area contributed by atoms with Crippen molar-refractivity contribution in [2.24, 2.45) is 5.92 Å². The maximum atomic E-state index is 13.2. The van der Waals surface area contributed by atoms with E-state index in [0.717, 1.165) is 11.3 Å². The van der Waals surface area contributed by atoms with Crippen LogP contribution in [0.5, 0.6) is 5.75 Å². The van der Waals surface area contributed by atoms with E-state index in [9.17, 15) is 4.79 Å². The number of hydrogen-bond donors (Lipinski definition) is 0. The fraction of sp³-hybridized carbons (Fsp3) is 0.318. The van der Waals surface area contributed by atoms with E-state index < -0.39 is 0 Å². The molecule has 1 unspecified atom stereocenters. The van der Waals surface area contributed by atoms with Crippen LogP contribution in [0.3, 0.4) is 0 Å². The van der Waals surface area contributed by atoms with E-state index in [-0.39, 0.29) is 24.4 Å². The Balaban J connectivity index is 1.50. The molecule has 0 N–H and O–H groups in total. The Kier molecular flexibility index (Phi) is 5.53. The lowest BCUT2D eigenvalue weighted by atomic mass is 9.95. The van der Waals surface area contributed by atoms with Gasteiger partial charge >= 0.3 is 0 Å². The van der Waals surface area contributed by atoms with E-state index in [1.54, 1.807) is 11.0 Å². The van der Waals surface area contributed by atoms with E-state index in [2.05, 4.69) is 10.2 Å². The number of rotatable bonds is 5. The van der Waals surface area contributed by atoms with Crippen molar-refractivity contribution in [3.05, 3.63) is 65.0 Å². The molecule has 0 fully saturated rings. The summed E-state index contributed by atoms with van der Waals surface area (Å²) in [4.78, 5) is 15.0. The van der Waals surface area contributed by atoms with Crippen LogP contribution >= 0.6 is 11.6 Å². The number of amides is 1. The first-order valence-corrected chi connectivity index (χ1v) is 9.99. The molecule has 7 heteroatoms. The molecular formula is C22H22ClN3O3. The Morgan fingerprint density at radius 1 is 1.17 bits per heavy atom. The van der Waals surface area contributed by atoms with Gasteiger partial charge in [0.25, 0.3) is 0 Å². The lowest BCUT2D eigenvalue weighted by Gasteiger charge is -2.32. The topological polar surface area (TPSA) is 68.5 Å². The highest BCUT2D eigenvalue weighted by Gasteiger charge is 2.31. The summed E-state index contributed by atoms with van der Waals surface area (Å²) < 4.78 is 11.6. The third-order valence-electron chi connectivity index (χ3n) is 5.01. The number of benzene rings is 2. The van der Waals surface area contributed by atoms with Crippen LogP contribution < -0.4 is 4.74 Å². The predicted octanol–water partition coefficient (Wildman–Crippen LogP) is 4.38. The van der Waals surface area contributed by atoms with Crippen molar-refractivity contribution in [2.45, 2.75) is 32.9 Å². The van der Waals surface area contributed by atoms with E-state index in [4.69, 9.17) is 20.8 Å². The normalized spacial score (nSPS) is 15.7. The van der Waals surface area contributed by atoms with Gasteiger partial charge in [0.2, 0.25) is 17.7 Å². The minimum absolute atomic E-state index is 0.0182. The molecule has 0 saturated heterocycles. The van der Waals surface area contributed by atoms with Gasteiger partial charge in [-0.3, -0.25) is 4.79 Å². The van der Waals surface area contributed by atoms with Crippen LogP contribution in [0.4, 0.5) is 0 Å². The molecule has 1 aromatic heterocycles. The number of nitrogens with zero attached hydrogens (tertiary/aromatic N) is 3. The minimum Gasteiger partial charge on any atom is -0.492 e. The van der Waals surface area contributed by atoms with Crippen molar-refractivity contribution in [1.82, 2.24) is 15.1 Å². The summed E-state index contributed by atoms with van der Waals surface area (Å²) >= 11 is 6.21. The molecule has 0 aliphatic carbocycles. The summed E-state index contributed by atoms with van der Waals surface area (Å²) in [5, 5.41) is 8.76. The Labute approximate surface area is 174 Å². The molecule has 1 aliphatic rings. The minimum atomic E-state index is -0.238. The van der Waals surface area contributed by atoms with Gasteiger partial charge in [-0.25, -0.2) is 0 Å². The average Bonchev–Trinajstić information content (AvgIpc) is 3.20. The molecule has 1 amide bonds. The SMILES string of the molecule is CC(C)N(Cc1nnc(-c2ccccc2Cl)o1)C(=O)C1COc2ccccc2C1. The number of halogens is 1. The van der Waals surface area contributed by atoms with Crippen molar-refractivity contribution in [3.63, 3.8) is 0 Å². The van der Waals surface area contributed by atoms with Gasteiger partial charge in [0.1, 0.15) is 12.4 Å². The maximum Gasteiger partial charge on any atom is 0.249 e. The molecule has 29 heavy (non-hydrogen) atoms. The Hall–Kier alpha value is -2.86. The van der Waals surface area contributed by atoms with Gasteiger partial charge in [-0.15, -0.1) is 10.2 Å². The van der Waals surface area contributed by atoms with Gasteiger partial charge in [-0.1, -0.05) is 41.9 Å². The lowest BCUT2D eigenvalue weighted by molar-refractivity contribution is -0.139. The van der Waals surface area contributed by atoms with Gasteiger partial charge in [0, 0.05) is 6.04 Å². The molecule has 1 aliphatic heterocycles. The largest absolute Gasteiger partial charge is 0.492 e. The molecule has 0 bridgehead atoms. The fourth-order valence-corrected chi connectivity index (χ4v) is 3.66. The van der Waals surface area contributed by atoms with Crippen molar-refractivity contribution >= 4 is 17.5 Å². The number of hydrogen-bond acceptors (Lipinski definition) is 5. The summed E-state index contributed by atoms with van der Waals surface area (Å²) in [6.07, 6.45) is 0.660. The van der Waals surface area contributed by atoms with E-state index >= 15 is 0 Å². The van der Waals surface area contributed by atoms with E-state index in [1.807, 2.05) is 56.3 Å². The van der Waals surface area contributed by atoms with Gasteiger partial charge < -0.3 is 14.1 Å². The molecule has 0 saturated carbocycles. The molecule has 150 valence electrons. The summed E-state index contributed by atoms with van der Waals surface area (Å²) in [7, 11) is 0.